The standard InChI is InChI=1S/C18H26N2O4/c1-4-24-18(22)14-9-11-20(12-10-14)13(2)17(21)19-15-7-5-6-8-16(15)23-3/h5-8,13-14H,4,9-12H2,1-3H3,(H,19,21)/p+1/t13-/m1/s1. The number of ether oxygens (including phenoxy) is 2. The van der Waals surface area contributed by atoms with Crippen molar-refractivity contribution in [3.05, 3.63) is 24.3 Å². The number of carbonyl (C=O) groups is 2. The van der Waals surface area contributed by atoms with E-state index in [0.29, 0.717) is 18.0 Å². The number of piperidine rings is 1. The number of rotatable bonds is 6. The Morgan fingerprint density at radius 3 is 2.58 bits per heavy atom. The second-order valence-corrected chi connectivity index (χ2v) is 6.10. The lowest BCUT2D eigenvalue weighted by Gasteiger charge is -2.31. The summed E-state index contributed by atoms with van der Waals surface area (Å²) in [6.07, 6.45) is 1.53. The van der Waals surface area contributed by atoms with Crippen LogP contribution in [0.2, 0.25) is 0 Å². The fourth-order valence-electron chi connectivity index (χ4n) is 3.09. The van der Waals surface area contributed by atoms with Crippen LogP contribution >= 0.6 is 0 Å². The number of amides is 1. The van der Waals surface area contributed by atoms with Gasteiger partial charge in [-0.3, -0.25) is 9.59 Å². The molecule has 0 aliphatic carbocycles. The van der Waals surface area contributed by atoms with Gasteiger partial charge in [-0.15, -0.1) is 0 Å². The number of carbonyl (C=O) groups excluding carboxylic acids is 2. The van der Waals surface area contributed by atoms with Crippen LogP contribution in [0.3, 0.4) is 0 Å². The zero-order valence-corrected chi connectivity index (χ0v) is 14.6. The average molecular weight is 335 g/mol. The van der Waals surface area contributed by atoms with Gasteiger partial charge in [0.25, 0.3) is 5.91 Å². The van der Waals surface area contributed by atoms with Crippen molar-refractivity contribution in [3.8, 4) is 5.75 Å². The van der Waals surface area contributed by atoms with E-state index >= 15 is 0 Å². The molecule has 0 aromatic heterocycles. The molecule has 1 aliphatic heterocycles. The molecule has 0 unspecified atom stereocenters. The molecule has 1 fully saturated rings. The summed E-state index contributed by atoms with van der Waals surface area (Å²) >= 11 is 0. The van der Waals surface area contributed by atoms with Crippen LogP contribution in [-0.2, 0) is 14.3 Å². The predicted molar refractivity (Wildman–Crippen MR) is 91.1 cm³/mol. The van der Waals surface area contributed by atoms with E-state index in [1.165, 1.54) is 4.90 Å². The zero-order chi connectivity index (χ0) is 17.5. The van der Waals surface area contributed by atoms with Gasteiger partial charge in [0.15, 0.2) is 6.04 Å². The van der Waals surface area contributed by atoms with E-state index in [1.54, 1.807) is 7.11 Å². The Hall–Kier alpha value is -2.08. The molecule has 1 heterocycles. The first-order valence-electron chi connectivity index (χ1n) is 8.51. The molecule has 0 bridgehead atoms. The van der Waals surface area contributed by atoms with Crippen molar-refractivity contribution in [3.63, 3.8) is 0 Å². The summed E-state index contributed by atoms with van der Waals surface area (Å²) in [6, 6.07) is 7.19. The Morgan fingerprint density at radius 2 is 1.96 bits per heavy atom. The van der Waals surface area contributed by atoms with Crippen LogP contribution in [0.15, 0.2) is 24.3 Å². The quantitative estimate of drug-likeness (QED) is 0.757. The number of methoxy groups -OCH3 is 1. The third-order valence-corrected chi connectivity index (χ3v) is 4.62. The third-order valence-electron chi connectivity index (χ3n) is 4.62. The topological polar surface area (TPSA) is 69.1 Å². The van der Waals surface area contributed by atoms with Gasteiger partial charge >= 0.3 is 5.97 Å². The number of anilines is 1. The van der Waals surface area contributed by atoms with Gasteiger partial charge in [-0.05, 0) is 26.0 Å². The summed E-state index contributed by atoms with van der Waals surface area (Å²) < 4.78 is 10.3. The molecule has 0 saturated carbocycles. The van der Waals surface area contributed by atoms with Crippen LogP contribution < -0.4 is 15.0 Å². The van der Waals surface area contributed by atoms with Crippen LogP contribution in [0.1, 0.15) is 26.7 Å². The molecule has 6 nitrogen and oxygen atoms in total. The molecule has 0 radical (unpaired) electrons. The molecule has 1 aromatic rings. The highest BCUT2D eigenvalue weighted by atomic mass is 16.5. The Morgan fingerprint density at radius 1 is 1.29 bits per heavy atom. The maximum Gasteiger partial charge on any atom is 0.309 e. The van der Waals surface area contributed by atoms with Gasteiger partial charge in [0.2, 0.25) is 0 Å². The minimum atomic E-state index is -0.182. The van der Waals surface area contributed by atoms with Crippen molar-refractivity contribution in [1.82, 2.24) is 0 Å². The van der Waals surface area contributed by atoms with Crippen LogP contribution in [0, 0.1) is 5.92 Å². The number of likely N-dealkylation sites (tertiary alicyclic amines) is 1. The molecular formula is C18H27N2O4+. The highest BCUT2D eigenvalue weighted by Crippen LogP contribution is 2.23. The van der Waals surface area contributed by atoms with Gasteiger partial charge in [-0.1, -0.05) is 12.1 Å². The predicted octanol–water partition coefficient (Wildman–Crippen LogP) is 0.880. The Balaban J connectivity index is 1.89. The van der Waals surface area contributed by atoms with Crippen molar-refractivity contribution < 1.29 is 24.0 Å². The van der Waals surface area contributed by atoms with E-state index < -0.39 is 0 Å². The van der Waals surface area contributed by atoms with E-state index in [0.717, 1.165) is 25.9 Å². The van der Waals surface area contributed by atoms with Crippen LogP contribution in [-0.4, -0.2) is 44.7 Å². The summed E-state index contributed by atoms with van der Waals surface area (Å²) in [5.41, 5.74) is 0.678. The molecule has 24 heavy (non-hydrogen) atoms. The monoisotopic (exact) mass is 335 g/mol. The fraction of sp³-hybridized carbons (Fsp3) is 0.556. The van der Waals surface area contributed by atoms with Gasteiger partial charge in [0.05, 0.1) is 38.4 Å². The number of hydrogen-bond donors (Lipinski definition) is 2. The Labute approximate surface area is 143 Å². The molecule has 1 amide bonds. The van der Waals surface area contributed by atoms with Gasteiger partial charge < -0.3 is 19.7 Å². The third kappa shape index (κ3) is 4.47. The summed E-state index contributed by atoms with van der Waals surface area (Å²) in [6.45, 7) is 5.75. The molecular weight excluding hydrogens is 308 g/mol. The first-order chi connectivity index (χ1) is 11.6. The summed E-state index contributed by atoms with van der Waals surface area (Å²) in [4.78, 5) is 25.5. The van der Waals surface area contributed by atoms with Crippen LogP contribution in [0.4, 0.5) is 5.69 Å². The van der Waals surface area contributed by atoms with Crippen molar-refractivity contribution in [1.29, 1.82) is 0 Å². The van der Waals surface area contributed by atoms with Crippen molar-refractivity contribution in [2.24, 2.45) is 5.92 Å². The van der Waals surface area contributed by atoms with Gasteiger partial charge in [0.1, 0.15) is 5.75 Å². The lowest BCUT2D eigenvalue weighted by Crippen LogP contribution is -3.17. The normalized spacial score (nSPS) is 21.6. The molecule has 132 valence electrons. The molecule has 0 spiro atoms. The van der Waals surface area contributed by atoms with Crippen LogP contribution in [0.5, 0.6) is 5.75 Å². The lowest BCUT2D eigenvalue weighted by atomic mass is 9.96. The number of benzene rings is 1. The second kappa shape index (κ2) is 8.68. The van der Waals surface area contributed by atoms with Gasteiger partial charge in [0, 0.05) is 12.8 Å². The number of quaternary nitrogens is 1. The van der Waals surface area contributed by atoms with Crippen molar-refractivity contribution in [2.45, 2.75) is 32.7 Å². The number of hydrogen-bond acceptors (Lipinski definition) is 4. The van der Waals surface area contributed by atoms with Crippen molar-refractivity contribution in [2.75, 3.05) is 32.1 Å². The number of nitrogens with one attached hydrogen (secondary N) is 2. The maximum atomic E-state index is 12.5. The van der Waals surface area contributed by atoms with Crippen LogP contribution in [0.25, 0.3) is 0 Å². The van der Waals surface area contributed by atoms with Crippen molar-refractivity contribution >= 4 is 17.6 Å². The van der Waals surface area contributed by atoms with Gasteiger partial charge in [-0.25, -0.2) is 0 Å². The maximum absolute atomic E-state index is 12.5. The first-order valence-corrected chi connectivity index (χ1v) is 8.51. The molecule has 2 N–H and O–H groups in total. The molecule has 1 aromatic carbocycles. The molecule has 1 atom stereocenters. The molecule has 1 saturated heterocycles. The SMILES string of the molecule is CCOC(=O)C1CC[NH+]([C@H](C)C(=O)Nc2ccccc2OC)CC1. The largest absolute Gasteiger partial charge is 0.495 e. The minimum Gasteiger partial charge on any atom is -0.495 e. The van der Waals surface area contributed by atoms with Gasteiger partial charge in [-0.2, -0.15) is 0 Å². The fourth-order valence-corrected chi connectivity index (χ4v) is 3.09. The van der Waals surface area contributed by atoms with E-state index in [1.807, 2.05) is 38.1 Å². The molecule has 1 aliphatic rings. The highest BCUT2D eigenvalue weighted by molar-refractivity contribution is 5.94. The molecule has 2 rings (SSSR count). The summed E-state index contributed by atoms with van der Waals surface area (Å²) in [7, 11) is 1.58. The lowest BCUT2D eigenvalue weighted by molar-refractivity contribution is -0.919. The number of esters is 1. The summed E-state index contributed by atoms with van der Waals surface area (Å²) in [5, 5.41) is 2.94. The van der Waals surface area contributed by atoms with E-state index in [9.17, 15) is 9.59 Å². The van der Waals surface area contributed by atoms with E-state index in [2.05, 4.69) is 5.32 Å². The Bertz CT molecular complexity index is 568. The van der Waals surface area contributed by atoms with E-state index in [-0.39, 0.29) is 23.8 Å². The molecule has 6 heteroatoms. The Kier molecular flexibility index (Phi) is 6.61. The zero-order valence-electron chi connectivity index (χ0n) is 14.6. The van der Waals surface area contributed by atoms with E-state index in [4.69, 9.17) is 9.47 Å². The first kappa shape index (κ1) is 18.3. The number of para-hydroxylation sites is 2. The minimum absolute atomic E-state index is 0.0295. The summed E-state index contributed by atoms with van der Waals surface area (Å²) in [5.74, 6) is 0.471. The highest BCUT2D eigenvalue weighted by Gasteiger charge is 2.33. The smallest absolute Gasteiger partial charge is 0.309 e. The second-order valence-electron chi connectivity index (χ2n) is 6.10. The average Bonchev–Trinajstić information content (AvgIpc) is 2.61.